The van der Waals surface area contributed by atoms with Gasteiger partial charge in [0, 0.05) is 25.2 Å². The van der Waals surface area contributed by atoms with Crippen LogP contribution in [0.4, 0.5) is 11.5 Å². The van der Waals surface area contributed by atoms with Crippen LogP contribution in [0.3, 0.4) is 0 Å². The van der Waals surface area contributed by atoms with Crippen molar-refractivity contribution in [3.8, 4) is 0 Å². The van der Waals surface area contributed by atoms with Crippen molar-refractivity contribution in [1.29, 1.82) is 0 Å². The van der Waals surface area contributed by atoms with Gasteiger partial charge in [-0.1, -0.05) is 6.42 Å². The number of likely N-dealkylation sites (tertiary alicyclic amines) is 1. The van der Waals surface area contributed by atoms with E-state index in [0.717, 1.165) is 30.3 Å². The maximum Gasteiger partial charge on any atom is 0.150 e. The zero-order valence-electron chi connectivity index (χ0n) is 13.7. The number of nitrogens with two attached hydrogens (primary N) is 1. The molecule has 5 heteroatoms. The van der Waals surface area contributed by atoms with Crippen molar-refractivity contribution < 1.29 is 0 Å². The maximum atomic E-state index is 6.31. The highest BCUT2D eigenvalue weighted by atomic mass is 15.4. The third-order valence-corrected chi connectivity index (χ3v) is 4.96. The molecule has 2 saturated heterocycles. The minimum Gasteiger partial charge on any atom is -0.394 e. The molecule has 2 fully saturated rings. The molecule has 118 valence electrons. The molecule has 0 spiro atoms. The van der Waals surface area contributed by atoms with E-state index in [2.05, 4.69) is 33.4 Å². The third-order valence-electron chi connectivity index (χ3n) is 4.96. The Morgan fingerprint density at radius 2 is 1.86 bits per heavy atom. The van der Waals surface area contributed by atoms with Crippen molar-refractivity contribution in [3.05, 3.63) is 5.69 Å². The maximum absolute atomic E-state index is 6.31. The van der Waals surface area contributed by atoms with Crippen molar-refractivity contribution in [2.75, 3.05) is 36.8 Å². The van der Waals surface area contributed by atoms with Gasteiger partial charge >= 0.3 is 0 Å². The molecule has 2 aliphatic rings. The highest BCUT2D eigenvalue weighted by Crippen LogP contribution is 2.33. The summed E-state index contributed by atoms with van der Waals surface area (Å²) in [6, 6.07) is 1.05. The number of nitrogen functional groups attached to an aromatic ring is 1. The van der Waals surface area contributed by atoms with Gasteiger partial charge in [0.05, 0.1) is 11.4 Å². The van der Waals surface area contributed by atoms with Crippen LogP contribution in [0.1, 0.15) is 51.3 Å². The van der Waals surface area contributed by atoms with Crippen LogP contribution in [0, 0.1) is 6.92 Å². The Kier molecular flexibility index (Phi) is 4.11. The average Bonchev–Trinajstić information content (AvgIpc) is 3.06. The molecule has 0 bridgehead atoms. The number of nitrogens with zero attached hydrogens (tertiary/aromatic N) is 4. The van der Waals surface area contributed by atoms with Gasteiger partial charge in [0.1, 0.15) is 0 Å². The van der Waals surface area contributed by atoms with Gasteiger partial charge < -0.3 is 10.6 Å². The SMILES string of the molecule is Cc1nn(C(C)C)c(N2CCC(N3CCCCC3)C2)c1N. The normalized spacial score (nSPS) is 24.2. The fraction of sp³-hybridized carbons (Fsp3) is 0.812. The lowest BCUT2D eigenvalue weighted by Gasteiger charge is -2.32. The van der Waals surface area contributed by atoms with E-state index in [1.54, 1.807) is 0 Å². The molecule has 0 aromatic carbocycles. The first-order valence-electron chi connectivity index (χ1n) is 8.41. The predicted octanol–water partition coefficient (Wildman–Crippen LogP) is 2.42. The van der Waals surface area contributed by atoms with E-state index in [1.165, 1.54) is 38.8 Å². The van der Waals surface area contributed by atoms with E-state index in [0.29, 0.717) is 12.1 Å². The summed E-state index contributed by atoms with van der Waals surface area (Å²) >= 11 is 0. The van der Waals surface area contributed by atoms with E-state index in [-0.39, 0.29) is 0 Å². The third kappa shape index (κ3) is 2.76. The van der Waals surface area contributed by atoms with Gasteiger partial charge in [-0.2, -0.15) is 5.10 Å². The van der Waals surface area contributed by atoms with E-state index in [9.17, 15) is 0 Å². The zero-order chi connectivity index (χ0) is 15.0. The van der Waals surface area contributed by atoms with Crippen molar-refractivity contribution >= 4 is 11.5 Å². The highest BCUT2D eigenvalue weighted by Gasteiger charge is 2.31. The molecular formula is C16H29N5. The van der Waals surface area contributed by atoms with Crippen molar-refractivity contribution in [2.45, 2.75) is 58.5 Å². The Hall–Kier alpha value is -1.23. The second kappa shape index (κ2) is 5.87. The Morgan fingerprint density at radius 1 is 1.14 bits per heavy atom. The standard InChI is InChI=1S/C16H29N5/c1-12(2)21-16(15(17)13(3)18-21)20-10-7-14(11-20)19-8-5-4-6-9-19/h12,14H,4-11,17H2,1-3H3. The zero-order valence-corrected chi connectivity index (χ0v) is 13.7. The number of rotatable bonds is 3. The quantitative estimate of drug-likeness (QED) is 0.929. The molecule has 0 amide bonds. The van der Waals surface area contributed by atoms with Gasteiger partial charge in [0.25, 0.3) is 0 Å². The molecular weight excluding hydrogens is 262 g/mol. The molecule has 21 heavy (non-hydrogen) atoms. The summed E-state index contributed by atoms with van der Waals surface area (Å²) in [5, 5.41) is 4.63. The van der Waals surface area contributed by atoms with E-state index >= 15 is 0 Å². The number of hydrogen-bond acceptors (Lipinski definition) is 4. The smallest absolute Gasteiger partial charge is 0.150 e. The summed E-state index contributed by atoms with van der Waals surface area (Å²) in [6.45, 7) is 11.1. The van der Waals surface area contributed by atoms with Gasteiger partial charge in [0.2, 0.25) is 0 Å². The van der Waals surface area contributed by atoms with Crippen LogP contribution >= 0.6 is 0 Å². The lowest BCUT2D eigenvalue weighted by atomic mass is 10.1. The molecule has 1 unspecified atom stereocenters. The lowest BCUT2D eigenvalue weighted by molar-refractivity contribution is 0.174. The molecule has 3 heterocycles. The molecule has 2 N–H and O–H groups in total. The number of anilines is 2. The van der Waals surface area contributed by atoms with Gasteiger partial charge in [-0.3, -0.25) is 4.90 Å². The van der Waals surface area contributed by atoms with E-state index < -0.39 is 0 Å². The molecule has 2 aliphatic heterocycles. The largest absolute Gasteiger partial charge is 0.394 e. The fourth-order valence-electron chi connectivity index (χ4n) is 3.74. The molecule has 1 atom stereocenters. The molecule has 1 aromatic heterocycles. The first kappa shape index (κ1) is 14.7. The Morgan fingerprint density at radius 3 is 2.52 bits per heavy atom. The Labute approximate surface area is 128 Å². The average molecular weight is 291 g/mol. The monoisotopic (exact) mass is 291 g/mol. The van der Waals surface area contributed by atoms with Crippen LogP contribution in [-0.4, -0.2) is 46.9 Å². The molecule has 0 radical (unpaired) electrons. The van der Waals surface area contributed by atoms with Crippen molar-refractivity contribution in [2.24, 2.45) is 0 Å². The van der Waals surface area contributed by atoms with Crippen LogP contribution in [0.15, 0.2) is 0 Å². The van der Waals surface area contributed by atoms with Crippen LogP contribution in [0.25, 0.3) is 0 Å². The number of piperidine rings is 1. The number of aryl methyl sites for hydroxylation is 1. The highest BCUT2D eigenvalue weighted by molar-refractivity contribution is 5.67. The van der Waals surface area contributed by atoms with E-state index in [4.69, 9.17) is 5.73 Å². The summed E-state index contributed by atoms with van der Waals surface area (Å²) in [7, 11) is 0. The molecule has 0 aliphatic carbocycles. The molecule has 5 nitrogen and oxygen atoms in total. The van der Waals surface area contributed by atoms with Crippen LogP contribution in [0.5, 0.6) is 0 Å². The minimum atomic E-state index is 0.352. The lowest BCUT2D eigenvalue weighted by Crippen LogP contribution is -2.41. The van der Waals surface area contributed by atoms with Gasteiger partial charge in [-0.05, 0) is 53.1 Å². The van der Waals surface area contributed by atoms with Crippen molar-refractivity contribution in [3.63, 3.8) is 0 Å². The number of aromatic nitrogens is 2. The first-order valence-corrected chi connectivity index (χ1v) is 8.41. The van der Waals surface area contributed by atoms with Crippen molar-refractivity contribution in [1.82, 2.24) is 14.7 Å². The van der Waals surface area contributed by atoms with Gasteiger partial charge in [-0.15, -0.1) is 0 Å². The Bertz CT molecular complexity index is 487. The Balaban J connectivity index is 1.76. The topological polar surface area (TPSA) is 50.3 Å². The summed E-state index contributed by atoms with van der Waals surface area (Å²) in [4.78, 5) is 5.14. The van der Waals surface area contributed by atoms with Gasteiger partial charge in [-0.25, -0.2) is 4.68 Å². The molecule has 3 rings (SSSR count). The molecule has 1 aromatic rings. The number of hydrogen-bond donors (Lipinski definition) is 1. The minimum absolute atomic E-state index is 0.352. The fourth-order valence-corrected chi connectivity index (χ4v) is 3.74. The summed E-state index contributed by atoms with van der Waals surface area (Å²) in [5.41, 5.74) is 8.13. The summed E-state index contributed by atoms with van der Waals surface area (Å²) in [6.07, 6.45) is 5.38. The second-order valence-corrected chi connectivity index (χ2v) is 6.85. The van der Waals surface area contributed by atoms with E-state index in [1.807, 2.05) is 6.92 Å². The van der Waals surface area contributed by atoms with Crippen LogP contribution < -0.4 is 10.6 Å². The predicted molar refractivity (Wildman–Crippen MR) is 87.8 cm³/mol. The van der Waals surface area contributed by atoms with Crippen LogP contribution in [-0.2, 0) is 0 Å². The molecule has 0 saturated carbocycles. The van der Waals surface area contributed by atoms with Crippen LogP contribution in [0.2, 0.25) is 0 Å². The first-order chi connectivity index (χ1) is 10.1. The van der Waals surface area contributed by atoms with Gasteiger partial charge in [0.15, 0.2) is 5.82 Å². The summed E-state index contributed by atoms with van der Waals surface area (Å²) in [5.74, 6) is 1.14. The summed E-state index contributed by atoms with van der Waals surface area (Å²) < 4.78 is 2.10. The second-order valence-electron chi connectivity index (χ2n) is 6.85.